The van der Waals surface area contributed by atoms with Gasteiger partial charge in [0.1, 0.15) is 6.17 Å². The van der Waals surface area contributed by atoms with E-state index < -0.39 is 30.1 Å². The number of hydrazine groups is 1. The van der Waals surface area contributed by atoms with E-state index in [1.54, 1.807) is 0 Å². The van der Waals surface area contributed by atoms with Gasteiger partial charge in [-0.05, 0) is 89.0 Å². The van der Waals surface area contributed by atoms with E-state index in [0.717, 1.165) is 64.8 Å². The highest BCUT2D eigenvalue weighted by Gasteiger charge is 2.59. The Kier molecular flexibility index (Phi) is 7.61. The molecule has 7 rings (SSSR count). The fourth-order valence-corrected chi connectivity index (χ4v) is 10.2. The van der Waals surface area contributed by atoms with Gasteiger partial charge in [0.25, 0.3) is 0 Å². The molecule has 1 amide bonds. The van der Waals surface area contributed by atoms with Gasteiger partial charge in [0, 0.05) is 42.5 Å². The van der Waals surface area contributed by atoms with Crippen molar-refractivity contribution in [2.24, 2.45) is 35.0 Å². The molecule has 0 aromatic carbocycles. The molecule has 2 saturated carbocycles. The Hall–Kier alpha value is -1.01. The lowest BCUT2D eigenvalue weighted by molar-refractivity contribution is -0.204. The normalized spacial score (nSPS) is 45.2. The molecule has 7 nitrogen and oxygen atoms in total. The third-order valence-corrected chi connectivity index (χ3v) is 12.4. The summed E-state index contributed by atoms with van der Waals surface area (Å²) in [5, 5.41) is 0. The molecule has 2 bridgehead atoms. The Morgan fingerprint density at radius 3 is 2.39 bits per heavy atom. The molecule has 5 aliphatic heterocycles. The predicted molar refractivity (Wildman–Crippen MR) is 145 cm³/mol. The van der Waals surface area contributed by atoms with E-state index in [4.69, 9.17) is 4.74 Å². The minimum absolute atomic E-state index is 0.0171. The number of nitrogens with one attached hydrogen (secondary N) is 2. The Morgan fingerprint density at radius 2 is 1.76 bits per heavy atom. The number of likely N-dealkylation sites (tertiary alicyclic amines) is 1. The zero-order valence-electron chi connectivity index (χ0n) is 24.3. The molecule has 0 aromatic rings. The summed E-state index contributed by atoms with van der Waals surface area (Å²) in [6, 6.07) is 0.320. The molecule has 5 saturated heterocycles. The van der Waals surface area contributed by atoms with Crippen molar-refractivity contribution < 1.29 is 27.1 Å². The number of piperidine rings is 1. The van der Waals surface area contributed by atoms with Crippen LogP contribution in [0.25, 0.3) is 0 Å². The summed E-state index contributed by atoms with van der Waals surface area (Å²) in [6.45, 7) is 3.05. The van der Waals surface area contributed by atoms with Crippen LogP contribution in [0.3, 0.4) is 0 Å². The summed E-state index contributed by atoms with van der Waals surface area (Å²) in [7, 11) is 2.09. The van der Waals surface area contributed by atoms with Crippen LogP contribution in [-0.2, 0) is 9.53 Å². The molecule has 11 heteroatoms. The van der Waals surface area contributed by atoms with Crippen LogP contribution in [0.15, 0.2) is 0 Å². The molecule has 8 unspecified atom stereocenters. The number of rotatable bonds is 6. The van der Waals surface area contributed by atoms with Crippen molar-refractivity contribution in [1.82, 2.24) is 25.6 Å². The average molecular weight is 586 g/mol. The second-order valence-electron chi connectivity index (χ2n) is 14.7. The summed E-state index contributed by atoms with van der Waals surface area (Å²) >= 11 is 0. The summed E-state index contributed by atoms with van der Waals surface area (Å²) in [5.41, 5.74) is 6.63. The van der Waals surface area contributed by atoms with Gasteiger partial charge in [0.2, 0.25) is 5.91 Å². The van der Waals surface area contributed by atoms with E-state index in [1.165, 1.54) is 0 Å². The van der Waals surface area contributed by atoms with Gasteiger partial charge in [-0.1, -0.05) is 6.42 Å². The molecule has 0 spiro atoms. The molecule has 7 fully saturated rings. The zero-order chi connectivity index (χ0) is 28.5. The van der Waals surface area contributed by atoms with Gasteiger partial charge in [-0.3, -0.25) is 14.6 Å². The number of nitrogens with zero attached hydrogens (tertiary/aromatic N) is 3. The largest absolute Gasteiger partial charge is 0.392 e. The average Bonchev–Trinajstić information content (AvgIpc) is 3.54. The van der Waals surface area contributed by atoms with Crippen LogP contribution in [-0.4, -0.2) is 97.3 Å². The van der Waals surface area contributed by atoms with Crippen LogP contribution in [0.2, 0.25) is 0 Å². The number of fused-ring (bicyclic) bond motifs is 3. The number of carbonyl (C=O) groups excluding carboxylic acids is 1. The third-order valence-electron chi connectivity index (χ3n) is 12.4. The maximum Gasteiger partial charge on any atom is 0.392 e. The molecule has 7 aliphatic rings. The van der Waals surface area contributed by atoms with E-state index >= 15 is 0 Å². The Labute approximate surface area is 241 Å². The molecule has 0 aromatic heterocycles. The van der Waals surface area contributed by atoms with Crippen molar-refractivity contribution in [3.63, 3.8) is 0 Å². The van der Waals surface area contributed by atoms with Gasteiger partial charge < -0.3 is 9.64 Å². The summed E-state index contributed by atoms with van der Waals surface area (Å²) in [5.74, 6) is -2.41. The molecular weight excluding hydrogens is 538 g/mol. The van der Waals surface area contributed by atoms with Crippen LogP contribution < -0.4 is 10.9 Å². The highest BCUT2D eigenvalue weighted by atomic mass is 19.4. The second-order valence-corrected chi connectivity index (χ2v) is 14.7. The van der Waals surface area contributed by atoms with E-state index in [0.29, 0.717) is 31.7 Å². The van der Waals surface area contributed by atoms with E-state index in [-0.39, 0.29) is 54.5 Å². The summed E-state index contributed by atoms with van der Waals surface area (Å²) in [4.78, 5) is 20.4. The highest BCUT2D eigenvalue weighted by Crippen LogP contribution is 2.53. The lowest BCUT2D eigenvalue weighted by Crippen LogP contribution is -2.56. The number of alkyl halides is 4. The first-order chi connectivity index (χ1) is 19.6. The van der Waals surface area contributed by atoms with Crippen molar-refractivity contribution in [2.45, 2.75) is 107 Å². The van der Waals surface area contributed by atoms with Crippen molar-refractivity contribution in [2.75, 3.05) is 40.0 Å². The van der Waals surface area contributed by atoms with Gasteiger partial charge >= 0.3 is 6.18 Å². The monoisotopic (exact) mass is 585 g/mol. The minimum atomic E-state index is -4.31. The van der Waals surface area contributed by atoms with Crippen LogP contribution in [0, 0.1) is 35.0 Å². The van der Waals surface area contributed by atoms with Gasteiger partial charge in [-0.15, -0.1) is 0 Å². The molecular formula is C30H47F4N5O2. The standard InChI is InChI=1S/C30H47F4N5O2/c1-37-17-35-36-27(37)12-29(15-41-16-29)19-3-2-4-21(9-19)39-14-25-24(28(39)40)7-18(8-26(25)30(32,33)34)13-38-22-5-6-23(38)11-20(31)10-22/h18-27,35-36H,2-17H2,1H3/t18?,19?,20?,21?,22-,23+,24?,25?,26?,27?. The van der Waals surface area contributed by atoms with Gasteiger partial charge in [-0.25, -0.2) is 15.2 Å². The molecule has 0 radical (unpaired) electrons. The predicted octanol–water partition coefficient (Wildman–Crippen LogP) is 3.90. The Bertz CT molecular complexity index is 967. The molecule has 5 heterocycles. The van der Waals surface area contributed by atoms with Gasteiger partial charge in [0.05, 0.1) is 32.0 Å². The van der Waals surface area contributed by atoms with Crippen LogP contribution in [0.4, 0.5) is 17.6 Å². The number of halogens is 4. The van der Waals surface area contributed by atoms with Crippen molar-refractivity contribution >= 4 is 5.91 Å². The topological polar surface area (TPSA) is 60.1 Å². The lowest BCUT2D eigenvalue weighted by atomic mass is 9.64. The number of carbonyl (C=O) groups is 1. The minimum Gasteiger partial charge on any atom is -0.380 e. The number of amides is 1. The zero-order valence-corrected chi connectivity index (χ0v) is 24.3. The van der Waals surface area contributed by atoms with Crippen LogP contribution in [0.1, 0.15) is 70.6 Å². The van der Waals surface area contributed by atoms with E-state index in [9.17, 15) is 22.4 Å². The Balaban J connectivity index is 1.05. The number of ether oxygens (including phenoxy) is 1. The van der Waals surface area contributed by atoms with E-state index in [2.05, 4.69) is 27.7 Å². The first-order valence-corrected chi connectivity index (χ1v) is 16.1. The second kappa shape index (κ2) is 10.9. The molecule has 41 heavy (non-hydrogen) atoms. The fraction of sp³-hybridized carbons (Fsp3) is 0.967. The fourth-order valence-electron chi connectivity index (χ4n) is 10.2. The van der Waals surface area contributed by atoms with Crippen molar-refractivity contribution in [1.29, 1.82) is 0 Å². The highest BCUT2D eigenvalue weighted by molar-refractivity contribution is 5.82. The van der Waals surface area contributed by atoms with Crippen molar-refractivity contribution in [3.05, 3.63) is 0 Å². The third kappa shape index (κ3) is 5.23. The Morgan fingerprint density at radius 1 is 1.00 bits per heavy atom. The maximum absolute atomic E-state index is 14.5. The first kappa shape index (κ1) is 28.7. The summed E-state index contributed by atoms with van der Waals surface area (Å²) in [6.07, 6.45) is 3.46. The lowest BCUT2D eigenvalue weighted by Gasteiger charge is -2.52. The summed E-state index contributed by atoms with van der Waals surface area (Å²) < 4.78 is 63.5. The molecule has 2 N–H and O–H groups in total. The first-order valence-electron chi connectivity index (χ1n) is 16.1. The smallest absolute Gasteiger partial charge is 0.380 e. The maximum atomic E-state index is 14.5. The molecule has 10 atom stereocenters. The van der Waals surface area contributed by atoms with Crippen LogP contribution in [0.5, 0.6) is 0 Å². The quantitative estimate of drug-likeness (QED) is 0.462. The molecule has 2 aliphatic carbocycles. The number of hydrogen-bond donors (Lipinski definition) is 2. The number of hydrogen-bond acceptors (Lipinski definition) is 6. The van der Waals surface area contributed by atoms with Gasteiger partial charge in [0.15, 0.2) is 0 Å². The van der Waals surface area contributed by atoms with E-state index in [1.807, 2.05) is 4.90 Å². The SMILES string of the molecule is CN1CNNC1CC1(C2CCCC(N3CC4C(CC(CN5[C@@H]6CC[C@H]5CC(F)C6)CC4C(F)(F)F)C3=O)C2)COC1. The van der Waals surface area contributed by atoms with Crippen molar-refractivity contribution in [3.8, 4) is 0 Å². The molecule has 232 valence electrons. The van der Waals surface area contributed by atoms with Gasteiger partial charge in [-0.2, -0.15) is 13.2 Å². The van der Waals surface area contributed by atoms with Crippen LogP contribution >= 0.6 is 0 Å².